The first-order valence-electron chi connectivity index (χ1n) is 10.7. The molecule has 182 valence electrons. The number of benzene rings is 1. The number of nitrogen functional groups attached to an aromatic ring is 1. The number of alkyl halides is 3. The van der Waals surface area contributed by atoms with Crippen LogP contribution in [-0.2, 0) is 19.3 Å². The summed E-state index contributed by atoms with van der Waals surface area (Å²) in [7, 11) is 0. The molecule has 0 spiro atoms. The molecule has 0 fully saturated rings. The number of carbonyl (C=O) groups is 1. The molecule has 0 radical (unpaired) electrons. The largest absolute Gasteiger partial charge is 0.417 e. The summed E-state index contributed by atoms with van der Waals surface area (Å²) in [4.78, 5) is 27.2. The van der Waals surface area contributed by atoms with Gasteiger partial charge in [-0.3, -0.25) is 14.8 Å². The lowest BCUT2D eigenvalue weighted by molar-refractivity contribution is -0.137. The van der Waals surface area contributed by atoms with Gasteiger partial charge in [-0.1, -0.05) is 0 Å². The molecule has 1 amide bonds. The third-order valence-corrected chi connectivity index (χ3v) is 6.58. The van der Waals surface area contributed by atoms with Gasteiger partial charge in [-0.15, -0.1) is 11.3 Å². The van der Waals surface area contributed by atoms with Crippen LogP contribution in [0.25, 0.3) is 21.0 Å². The summed E-state index contributed by atoms with van der Waals surface area (Å²) >= 11 is 1.44. The van der Waals surface area contributed by atoms with E-state index >= 15 is 0 Å². The van der Waals surface area contributed by atoms with Crippen molar-refractivity contribution in [2.75, 3.05) is 5.73 Å². The molecule has 4 heterocycles. The van der Waals surface area contributed by atoms with E-state index < -0.39 is 23.5 Å². The Labute approximate surface area is 206 Å². The highest BCUT2D eigenvalue weighted by atomic mass is 32.1. The molecule has 0 saturated carbocycles. The number of halogens is 4. The van der Waals surface area contributed by atoms with Crippen molar-refractivity contribution in [3.05, 3.63) is 94.6 Å². The maximum Gasteiger partial charge on any atom is 0.417 e. The highest BCUT2D eigenvalue weighted by Gasteiger charge is 2.31. The average molecular weight is 512 g/mol. The molecule has 0 unspecified atom stereocenters. The van der Waals surface area contributed by atoms with E-state index in [2.05, 4.69) is 15.0 Å². The predicted molar refractivity (Wildman–Crippen MR) is 129 cm³/mol. The van der Waals surface area contributed by atoms with Crippen LogP contribution in [0, 0.1) is 5.82 Å². The van der Waals surface area contributed by atoms with Crippen molar-refractivity contribution in [1.29, 1.82) is 0 Å². The van der Waals surface area contributed by atoms with Gasteiger partial charge >= 0.3 is 6.18 Å². The van der Waals surface area contributed by atoms with E-state index in [1.54, 1.807) is 18.2 Å². The Balaban J connectivity index is 1.52. The van der Waals surface area contributed by atoms with Crippen molar-refractivity contribution in [3.63, 3.8) is 0 Å². The van der Waals surface area contributed by atoms with E-state index in [0.717, 1.165) is 21.5 Å². The average Bonchev–Trinajstić information content (AvgIpc) is 3.35. The van der Waals surface area contributed by atoms with Crippen LogP contribution in [-0.4, -0.2) is 25.8 Å². The number of rotatable bonds is 5. The molecule has 4 aromatic heterocycles. The zero-order valence-corrected chi connectivity index (χ0v) is 19.3. The lowest BCUT2D eigenvalue weighted by atomic mass is 10.1. The first kappa shape index (κ1) is 23.6. The lowest BCUT2D eigenvalue weighted by Crippen LogP contribution is -2.31. The molecule has 1 aromatic carbocycles. The van der Waals surface area contributed by atoms with E-state index in [1.165, 1.54) is 40.6 Å². The van der Waals surface area contributed by atoms with Crippen molar-refractivity contribution < 1.29 is 22.4 Å². The summed E-state index contributed by atoms with van der Waals surface area (Å²) < 4.78 is 54.0. The fourth-order valence-corrected chi connectivity index (χ4v) is 4.67. The van der Waals surface area contributed by atoms with E-state index in [4.69, 9.17) is 5.73 Å². The monoisotopic (exact) mass is 511 g/mol. The number of hydrogen-bond donors (Lipinski definition) is 1. The first-order valence-corrected chi connectivity index (χ1v) is 11.6. The van der Waals surface area contributed by atoms with Crippen LogP contribution in [0.15, 0.2) is 66.3 Å². The van der Waals surface area contributed by atoms with Crippen LogP contribution in [0.4, 0.5) is 23.4 Å². The van der Waals surface area contributed by atoms with Crippen LogP contribution >= 0.6 is 11.3 Å². The van der Waals surface area contributed by atoms with Gasteiger partial charge in [-0.2, -0.15) is 13.2 Å². The summed E-state index contributed by atoms with van der Waals surface area (Å²) in [5.74, 6) is -0.676. The minimum atomic E-state index is -4.53. The van der Waals surface area contributed by atoms with Gasteiger partial charge in [0.2, 0.25) is 0 Å². The number of nitrogens with zero attached hydrogens (tertiary/aromatic N) is 4. The molecule has 0 atom stereocenters. The van der Waals surface area contributed by atoms with Gasteiger partial charge in [-0.25, -0.2) is 9.37 Å². The van der Waals surface area contributed by atoms with Crippen molar-refractivity contribution in [3.8, 4) is 0 Å². The van der Waals surface area contributed by atoms with Gasteiger partial charge in [0.25, 0.3) is 5.91 Å². The van der Waals surface area contributed by atoms with Gasteiger partial charge in [0.15, 0.2) is 0 Å². The van der Waals surface area contributed by atoms with E-state index in [0.29, 0.717) is 23.1 Å². The second-order valence-corrected chi connectivity index (χ2v) is 8.94. The Morgan fingerprint density at radius 1 is 1.03 bits per heavy atom. The molecule has 11 heteroatoms. The van der Waals surface area contributed by atoms with Crippen LogP contribution in [0.1, 0.15) is 27.3 Å². The van der Waals surface area contributed by atoms with Crippen LogP contribution < -0.4 is 5.73 Å². The molecule has 36 heavy (non-hydrogen) atoms. The number of fused-ring (bicyclic) bond motifs is 3. The summed E-state index contributed by atoms with van der Waals surface area (Å²) in [5.41, 5.74) is 6.28. The SMILES string of the molecule is Nc1nc2ccc(C(=O)N(Cc3ccc(C(F)(F)F)cn3)Cc3ncccc3F)cc2c2ccsc12. The van der Waals surface area contributed by atoms with E-state index in [9.17, 15) is 22.4 Å². The van der Waals surface area contributed by atoms with Crippen LogP contribution in [0.3, 0.4) is 0 Å². The topological polar surface area (TPSA) is 85.0 Å². The van der Waals surface area contributed by atoms with Crippen molar-refractivity contribution in [2.45, 2.75) is 19.3 Å². The molecule has 0 saturated heterocycles. The lowest BCUT2D eigenvalue weighted by Gasteiger charge is -2.23. The minimum absolute atomic E-state index is 0.0215. The standard InChI is InChI=1S/C25H17F4N5OS/c26-19-2-1-8-31-21(19)13-34(12-16-5-4-15(11-32-16)25(27,28)29)24(35)14-3-6-20-18(10-14)17-7-9-36-22(17)23(30)33-20/h1-11H,12-13H2,(H2,30,33). The molecule has 5 aromatic rings. The van der Waals surface area contributed by atoms with Crippen molar-refractivity contribution >= 4 is 44.1 Å². The predicted octanol–water partition coefficient (Wildman–Crippen LogP) is 5.82. The van der Waals surface area contributed by atoms with Gasteiger partial charge in [0, 0.05) is 28.7 Å². The quantitative estimate of drug-likeness (QED) is 0.301. The van der Waals surface area contributed by atoms with Gasteiger partial charge < -0.3 is 10.6 Å². The molecule has 0 bridgehead atoms. The summed E-state index contributed by atoms with van der Waals surface area (Å²) in [6.07, 6.45) is -2.43. The number of carbonyl (C=O) groups excluding carboxylic acids is 1. The molecule has 5 rings (SSSR count). The Hall–Kier alpha value is -4.12. The molecule has 6 nitrogen and oxygen atoms in total. The van der Waals surface area contributed by atoms with Gasteiger partial charge in [-0.05, 0) is 53.9 Å². The number of thiophene rings is 1. The Morgan fingerprint density at radius 3 is 2.58 bits per heavy atom. The third kappa shape index (κ3) is 4.57. The number of anilines is 1. The zero-order chi connectivity index (χ0) is 25.4. The number of pyridine rings is 3. The first-order chi connectivity index (χ1) is 17.2. The Bertz CT molecular complexity index is 1580. The van der Waals surface area contributed by atoms with Gasteiger partial charge in [0.1, 0.15) is 11.6 Å². The molecule has 0 aliphatic carbocycles. The smallest absolute Gasteiger partial charge is 0.382 e. The number of nitrogens with two attached hydrogens (primary N) is 1. The Morgan fingerprint density at radius 2 is 1.86 bits per heavy atom. The number of hydrogen-bond acceptors (Lipinski definition) is 6. The summed E-state index contributed by atoms with van der Waals surface area (Å²) in [6.45, 7) is -0.362. The maximum absolute atomic E-state index is 14.4. The second kappa shape index (κ2) is 9.15. The number of amides is 1. The molecular formula is C25H17F4N5OS. The van der Waals surface area contributed by atoms with Crippen molar-refractivity contribution in [2.24, 2.45) is 0 Å². The van der Waals surface area contributed by atoms with Crippen LogP contribution in [0.2, 0.25) is 0 Å². The molecule has 2 N–H and O–H groups in total. The Kier molecular flexibility index (Phi) is 6.00. The van der Waals surface area contributed by atoms with Crippen LogP contribution in [0.5, 0.6) is 0 Å². The van der Waals surface area contributed by atoms with Crippen molar-refractivity contribution in [1.82, 2.24) is 19.9 Å². The summed E-state index contributed by atoms with van der Waals surface area (Å²) in [6, 6.07) is 11.6. The fourth-order valence-electron chi connectivity index (χ4n) is 3.86. The maximum atomic E-state index is 14.4. The second-order valence-electron chi connectivity index (χ2n) is 8.02. The van der Waals surface area contributed by atoms with Gasteiger partial charge in [0.05, 0.1) is 40.3 Å². The number of aromatic nitrogens is 3. The zero-order valence-electron chi connectivity index (χ0n) is 18.5. The molecular weight excluding hydrogens is 494 g/mol. The highest BCUT2D eigenvalue weighted by Crippen LogP contribution is 2.33. The normalized spacial score (nSPS) is 11.8. The minimum Gasteiger partial charge on any atom is -0.382 e. The molecule has 0 aliphatic heterocycles. The highest BCUT2D eigenvalue weighted by molar-refractivity contribution is 7.18. The fraction of sp³-hybridized carbons (Fsp3) is 0.120. The van der Waals surface area contributed by atoms with E-state index in [-0.39, 0.29) is 24.5 Å². The van der Waals surface area contributed by atoms with E-state index in [1.807, 2.05) is 11.4 Å². The third-order valence-electron chi connectivity index (χ3n) is 5.64. The molecule has 0 aliphatic rings. The summed E-state index contributed by atoms with van der Waals surface area (Å²) in [5, 5.41) is 3.45.